The zero-order valence-corrected chi connectivity index (χ0v) is 12.8. The van der Waals surface area contributed by atoms with E-state index in [1.165, 1.54) is 11.3 Å². The minimum Gasteiger partial charge on any atom is -0.472 e. The molecule has 0 spiro atoms. The van der Waals surface area contributed by atoms with E-state index in [2.05, 4.69) is 10.6 Å². The Bertz CT molecular complexity index is 576. The van der Waals surface area contributed by atoms with Crippen molar-refractivity contribution >= 4 is 23.2 Å². The summed E-state index contributed by atoms with van der Waals surface area (Å²) in [6, 6.07) is 4.77. The highest BCUT2D eigenvalue weighted by Crippen LogP contribution is 2.10. The molecule has 2 amide bonds. The third-order valence-corrected chi connectivity index (χ3v) is 3.90. The lowest BCUT2D eigenvalue weighted by Gasteiger charge is -2.21. The molecule has 0 saturated carbocycles. The summed E-state index contributed by atoms with van der Waals surface area (Å²) in [5, 5.41) is 7.42. The van der Waals surface area contributed by atoms with Gasteiger partial charge in [-0.1, -0.05) is 19.9 Å². The van der Waals surface area contributed by atoms with Gasteiger partial charge in [-0.3, -0.25) is 9.59 Å². The molecule has 1 unspecified atom stereocenters. The van der Waals surface area contributed by atoms with Gasteiger partial charge in [-0.05, 0) is 23.4 Å². The number of amides is 2. The molecule has 1 atom stereocenters. The smallest absolute Gasteiger partial charge is 0.262 e. The lowest BCUT2D eigenvalue weighted by Crippen LogP contribution is -2.49. The molecule has 2 aromatic rings. The van der Waals surface area contributed by atoms with E-state index in [1.54, 1.807) is 24.7 Å². The molecule has 0 aliphatic rings. The molecule has 21 heavy (non-hydrogen) atoms. The molecule has 2 rings (SSSR count). The van der Waals surface area contributed by atoms with Gasteiger partial charge in [0.2, 0.25) is 5.91 Å². The van der Waals surface area contributed by atoms with Crippen LogP contribution in [0.3, 0.4) is 0 Å². The molecule has 0 saturated heterocycles. The number of hydrogen-bond donors (Lipinski definition) is 2. The third kappa shape index (κ3) is 4.19. The van der Waals surface area contributed by atoms with Crippen LogP contribution in [0.4, 0.5) is 0 Å². The second kappa shape index (κ2) is 7.08. The van der Waals surface area contributed by atoms with Crippen molar-refractivity contribution in [3.05, 3.63) is 46.5 Å². The molecular weight excluding hydrogens is 288 g/mol. The molecule has 2 aromatic heterocycles. The molecule has 112 valence electrons. The molecule has 2 N–H and O–H groups in total. The summed E-state index contributed by atoms with van der Waals surface area (Å²) in [4.78, 5) is 24.9. The molecule has 0 aromatic carbocycles. The van der Waals surface area contributed by atoms with Crippen LogP contribution in [0.1, 0.15) is 29.1 Å². The molecule has 0 bridgehead atoms. The fourth-order valence-electron chi connectivity index (χ4n) is 1.85. The second-order valence-electron chi connectivity index (χ2n) is 5.02. The lowest BCUT2D eigenvalue weighted by atomic mass is 10.0. The number of rotatable bonds is 6. The first-order chi connectivity index (χ1) is 10.1. The van der Waals surface area contributed by atoms with Gasteiger partial charge in [-0.2, -0.15) is 0 Å². The van der Waals surface area contributed by atoms with E-state index in [0.29, 0.717) is 11.4 Å². The van der Waals surface area contributed by atoms with Crippen LogP contribution in [0.15, 0.2) is 40.5 Å². The lowest BCUT2D eigenvalue weighted by molar-refractivity contribution is -0.124. The van der Waals surface area contributed by atoms with E-state index in [0.717, 1.165) is 5.56 Å². The Morgan fingerprint density at radius 1 is 1.33 bits per heavy atom. The van der Waals surface area contributed by atoms with Gasteiger partial charge in [0.25, 0.3) is 5.91 Å². The van der Waals surface area contributed by atoms with Gasteiger partial charge < -0.3 is 15.1 Å². The van der Waals surface area contributed by atoms with Gasteiger partial charge >= 0.3 is 0 Å². The van der Waals surface area contributed by atoms with Crippen LogP contribution in [0.25, 0.3) is 0 Å². The first kappa shape index (κ1) is 15.3. The van der Waals surface area contributed by atoms with Gasteiger partial charge in [0, 0.05) is 12.1 Å². The average molecular weight is 306 g/mol. The molecule has 6 heteroatoms. The zero-order valence-electron chi connectivity index (χ0n) is 12.0. The van der Waals surface area contributed by atoms with Crippen LogP contribution < -0.4 is 10.6 Å². The van der Waals surface area contributed by atoms with E-state index in [1.807, 2.05) is 25.3 Å². The van der Waals surface area contributed by atoms with E-state index in [9.17, 15) is 9.59 Å². The maximum absolute atomic E-state index is 12.2. The molecule has 0 aliphatic carbocycles. The van der Waals surface area contributed by atoms with E-state index < -0.39 is 6.04 Å². The minimum absolute atomic E-state index is 0.00161. The highest BCUT2D eigenvalue weighted by Gasteiger charge is 2.24. The van der Waals surface area contributed by atoms with Crippen molar-refractivity contribution in [3.63, 3.8) is 0 Å². The molecule has 5 nitrogen and oxygen atoms in total. The predicted octanol–water partition coefficient (Wildman–Crippen LogP) is 2.41. The van der Waals surface area contributed by atoms with Crippen molar-refractivity contribution in [2.75, 3.05) is 0 Å². The maximum Gasteiger partial charge on any atom is 0.262 e. The van der Waals surface area contributed by atoms with Crippen LogP contribution in [0.5, 0.6) is 0 Å². The largest absolute Gasteiger partial charge is 0.472 e. The van der Waals surface area contributed by atoms with Crippen molar-refractivity contribution in [1.82, 2.24) is 10.6 Å². The van der Waals surface area contributed by atoms with Crippen molar-refractivity contribution in [3.8, 4) is 0 Å². The van der Waals surface area contributed by atoms with E-state index >= 15 is 0 Å². The first-order valence-corrected chi connectivity index (χ1v) is 7.59. The fourth-order valence-corrected chi connectivity index (χ4v) is 2.47. The molecule has 2 heterocycles. The Balaban J connectivity index is 1.94. The number of hydrogen-bond acceptors (Lipinski definition) is 4. The van der Waals surface area contributed by atoms with Crippen LogP contribution in [0.2, 0.25) is 0 Å². The summed E-state index contributed by atoms with van der Waals surface area (Å²) in [6.07, 6.45) is 3.13. The van der Waals surface area contributed by atoms with Crippen molar-refractivity contribution < 1.29 is 14.0 Å². The van der Waals surface area contributed by atoms with Crippen molar-refractivity contribution in [2.45, 2.75) is 26.4 Å². The Morgan fingerprint density at radius 2 is 2.14 bits per heavy atom. The Labute approximate surface area is 127 Å². The summed E-state index contributed by atoms with van der Waals surface area (Å²) < 4.78 is 4.95. The summed E-state index contributed by atoms with van der Waals surface area (Å²) in [5.74, 6) is -0.420. The van der Waals surface area contributed by atoms with Crippen LogP contribution in [-0.2, 0) is 11.3 Å². The zero-order chi connectivity index (χ0) is 15.2. The number of furan rings is 1. The van der Waals surface area contributed by atoms with Crippen LogP contribution in [-0.4, -0.2) is 17.9 Å². The highest BCUT2D eigenvalue weighted by molar-refractivity contribution is 7.12. The molecule has 0 radical (unpaired) electrons. The normalized spacial score (nSPS) is 12.1. The van der Waals surface area contributed by atoms with E-state index in [-0.39, 0.29) is 17.7 Å². The van der Waals surface area contributed by atoms with Crippen LogP contribution in [0, 0.1) is 5.92 Å². The third-order valence-electron chi connectivity index (χ3n) is 3.03. The van der Waals surface area contributed by atoms with Gasteiger partial charge in [0.15, 0.2) is 0 Å². The van der Waals surface area contributed by atoms with Crippen molar-refractivity contribution in [1.29, 1.82) is 0 Å². The molecular formula is C15H18N2O3S. The van der Waals surface area contributed by atoms with E-state index in [4.69, 9.17) is 4.42 Å². The highest BCUT2D eigenvalue weighted by atomic mass is 32.1. The van der Waals surface area contributed by atoms with Crippen LogP contribution >= 0.6 is 11.3 Å². The van der Waals surface area contributed by atoms with Crippen molar-refractivity contribution in [2.24, 2.45) is 5.92 Å². The average Bonchev–Trinajstić information content (AvgIpc) is 3.13. The van der Waals surface area contributed by atoms with Gasteiger partial charge in [0.05, 0.1) is 17.4 Å². The maximum atomic E-state index is 12.2. The SMILES string of the molecule is CC(C)C(NC(=O)c1cccs1)C(=O)NCc1ccoc1. The number of carbonyl (C=O) groups is 2. The number of carbonyl (C=O) groups excluding carboxylic acids is 2. The topological polar surface area (TPSA) is 71.3 Å². The van der Waals surface area contributed by atoms with Gasteiger partial charge in [-0.15, -0.1) is 11.3 Å². The summed E-state index contributed by atoms with van der Waals surface area (Å²) >= 11 is 1.35. The number of nitrogens with one attached hydrogen (secondary N) is 2. The Kier molecular flexibility index (Phi) is 5.16. The minimum atomic E-state index is -0.563. The Hall–Kier alpha value is -2.08. The first-order valence-electron chi connectivity index (χ1n) is 6.71. The standard InChI is InChI=1S/C15H18N2O3S/c1-10(2)13(17-14(18)12-4-3-7-21-12)15(19)16-8-11-5-6-20-9-11/h3-7,9-10,13H,8H2,1-2H3,(H,16,19)(H,17,18). The summed E-state index contributed by atoms with van der Waals surface area (Å²) in [7, 11) is 0. The Morgan fingerprint density at radius 3 is 2.71 bits per heavy atom. The molecule has 0 fully saturated rings. The van der Waals surface area contributed by atoms with Gasteiger partial charge in [0.1, 0.15) is 6.04 Å². The number of thiophene rings is 1. The van der Waals surface area contributed by atoms with Gasteiger partial charge in [-0.25, -0.2) is 0 Å². The summed E-state index contributed by atoms with van der Waals surface area (Å²) in [5.41, 5.74) is 0.885. The fraction of sp³-hybridized carbons (Fsp3) is 0.333. The molecule has 0 aliphatic heterocycles. The summed E-state index contributed by atoms with van der Waals surface area (Å²) in [6.45, 7) is 4.18. The predicted molar refractivity (Wildman–Crippen MR) is 81.0 cm³/mol. The second-order valence-corrected chi connectivity index (χ2v) is 5.97. The quantitative estimate of drug-likeness (QED) is 0.861. The monoisotopic (exact) mass is 306 g/mol.